The molecule has 0 radical (unpaired) electrons. The quantitative estimate of drug-likeness (QED) is 0.688. The fraction of sp³-hybridized carbons (Fsp3) is 0.400. The van der Waals surface area contributed by atoms with Gasteiger partial charge in [-0.3, -0.25) is 0 Å². The first-order chi connectivity index (χ1) is 12.7. The maximum Gasteiger partial charge on any atom is 0.184 e. The van der Waals surface area contributed by atoms with Crippen LogP contribution in [0.15, 0.2) is 60.7 Å². The summed E-state index contributed by atoms with van der Waals surface area (Å²) in [6, 6.07) is 19.0. The summed E-state index contributed by atoms with van der Waals surface area (Å²) in [6.45, 7) is 0.0705. The van der Waals surface area contributed by atoms with Crippen LogP contribution in [-0.4, -0.2) is 52.6 Å². The molecular weight excluding hydrogens is 336 g/mol. The summed E-state index contributed by atoms with van der Waals surface area (Å²) in [5.74, 6) is 0. The zero-order chi connectivity index (χ0) is 18.4. The number of rotatable bonds is 7. The first-order valence-electron chi connectivity index (χ1n) is 8.62. The molecule has 1 aliphatic heterocycles. The van der Waals surface area contributed by atoms with Crippen LogP contribution in [0.5, 0.6) is 0 Å². The van der Waals surface area contributed by atoms with Gasteiger partial charge in [0, 0.05) is 0 Å². The summed E-state index contributed by atoms with van der Waals surface area (Å²) >= 11 is 0. The maximum absolute atomic E-state index is 10.5. The molecular formula is C20H24O6. The normalized spacial score (nSPS) is 28.8. The minimum Gasteiger partial charge on any atom is -0.394 e. The average molecular weight is 360 g/mol. The van der Waals surface area contributed by atoms with Gasteiger partial charge in [0.25, 0.3) is 0 Å². The van der Waals surface area contributed by atoms with Crippen molar-refractivity contribution in [1.29, 1.82) is 0 Å². The molecule has 5 atom stereocenters. The molecule has 1 heterocycles. The van der Waals surface area contributed by atoms with Crippen molar-refractivity contribution >= 4 is 0 Å². The predicted molar refractivity (Wildman–Crippen MR) is 94.0 cm³/mol. The van der Waals surface area contributed by atoms with Gasteiger partial charge in [-0.2, -0.15) is 0 Å². The molecule has 0 spiro atoms. The third kappa shape index (κ3) is 4.67. The Balaban J connectivity index is 1.69. The third-order valence-corrected chi connectivity index (χ3v) is 4.39. The monoisotopic (exact) mass is 360 g/mol. The largest absolute Gasteiger partial charge is 0.394 e. The Bertz CT molecular complexity index is 650. The second-order valence-corrected chi connectivity index (χ2v) is 6.26. The van der Waals surface area contributed by atoms with E-state index in [1.165, 1.54) is 0 Å². The summed E-state index contributed by atoms with van der Waals surface area (Å²) in [5.41, 5.74) is 1.86. The highest BCUT2D eigenvalue weighted by Gasteiger charge is 2.46. The van der Waals surface area contributed by atoms with Crippen LogP contribution in [0.3, 0.4) is 0 Å². The van der Waals surface area contributed by atoms with Crippen molar-refractivity contribution in [2.45, 2.75) is 43.9 Å². The van der Waals surface area contributed by atoms with E-state index in [0.717, 1.165) is 11.1 Å². The number of ether oxygens (including phenoxy) is 3. The first-order valence-corrected chi connectivity index (χ1v) is 8.62. The maximum atomic E-state index is 10.5. The van der Waals surface area contributed by atoms with E-state index in [2.05, 4.69) is 0 Å². The Morgan fingerprint density at radius 3 is 1.77 bits per heavy atom. The zero-order valence-electron chi connectivity index (χ0n) is 14.3. The SMILES string of the molecule is OCC1O[C@@H](O)C(OCc2ccccc2)C(OCc2ccccc2)[C@H]1O. The molecule has 3 rings (SSSR count). The lowest BCUT2D eigenvalue weighted by atomic mass is 9.98. The van der Waals surface area contributed by atoms with Crippen LogP contribution in [0.25, 0.3) is 0 Å². The first kappa shape index (κ1) is 19.0. The van der Waals surface area contributed by atoms with Gasteiger partial charge in [-0.1, -0.05) is 60.7 Å². The van der Waals surface area contributed by atoms with Crippen LogP contribution in [0.1, 0.15) is 11.1 Å². The summed E-state index contributed by atoms with van der Waals surface area (Å²) in [4.78, 5) is 0. The highest BCUT2D eigenvalue weighted by molar-refractivity contribution is 5.14. The standard InChI is InChI=1S/C20H24O6/c21-11-16-17(22)18(24-12-14-7-3-1-4-8-14)19(20(23)26-16)25-13-15-9-5-2-6-10-15/h1-10,16-23H,11-13H2/t16?,17-,18?,19?,20+/m0/s1. The van der Waals surface area contributed by atoms with E-state index in [9.17, 15) is 15.3 Å². The lowest BCUT2D eigenvalue weighted by molar-refractivity contribution is -0.307. The third-order valence-electron chi connectivity index (χ3n) is 4.39. The molecule has 2 aromatic rings. The van der Waals surface area contributed by atoms with Gasteiger partial charge in [-0.15, -0.1) is 0 Å². The van der Waals surface area contributed by atoms with Crippen molar-refractivity contribution in [3.63, 3.8) is 0 Å². The Morgan fingerprint density at radius 1 is 0.769 bits per heavy atom. The lowest BCUT2D eigenvalue weighted by Crippen LogP contribution is -2.60. The lowest BCUT2D eigenvalue weighted by Gasteiger charge is -2.42. The molecule has 0 saturated carbocycles. The Labute approximate surface area is 152 Å². The molecule has 26 heavy (non-hydrogen) atoms. The van der Waals surface area contributed by atoms with E-state index in [1.807, 2.05) is 60.7 Å². The van der Waals surface area contributed by atoms with Crippen LogP contribution < -0.4 is 0 Å². The van der Waals surface area contributed by atoms with Crippen LogP contribution in [0.4, 0.5) is 0 Å². The van der Waals surface area contributed by atoms with E-state index < -0.39 is 37.3 Å². The van der Waals surface area contributed by atoms with Gasteiger partial charge in [0.1, 0.15) is 24.4 Å². The highest BCUT2D eigenvalue weighted by Crippen LogP contribution is 2.26. The molecule has 0 aliphatic carbocycles. The molecule has 3 N–H and O–H groups in total. The van der Waals surface area contributed by atoms with Crippen molar-refractivity contribution in [3.8, 4) is 0 Å². The van der Waals surface area contributed by atoms with Crippen LogP contribution in [0, 0.1) is 0 Å². The topological polar surface area (TPSA) is 88.4 Å². The molecule has 0 bridgehead atoms. The van der Waals surface area contributed by atoms with E-state index >= 15 is 0 Å². The molecule has 6 heteroatoms. The van der Waals surface area contributed by atoms with Gasteiger partial charge in [0.2, 0.25) is 0 Å². The van der Waals surface area contributed by atoms with Gasteiger partial charge < -0.3 is 29.5 Å². The number of hydrogen-bond acceptors (Lipinski definition) is 6. The van der Waals surface area contributed by atoms with Crippen LogP contribution in [-0.2, 0) is 27.4 Å². The van der Waals surface area contributed by atoms with Gasteiger partial charge in [-0.25, -0.2) is 0 Å². The average Bonchev–Trinajstić information content (AvgIpc) is 2.69. The highest BCUT2D eigenvalue weighted by atomic mass is 16.7. The smallest absolute Gasteiger partial charge is 0.184 e. The molecule has 6 nitrogen and oxygen atoms in total. The minimum absolute atomic E-state index is 0.244. The fourth-order valence-corrected chi connectivity index (χ4v) is 2.96. The Hall–Kier alpha value is -1.80. The molecule has 1 aliphatic rings. The van der Waals surface area contributed by atoms with E-state index in [1.54, 1.807) is 0 Å². The van der Waals surface area contributed by atoms with Crippen molar-refractivity contribution in [1.82, 2.24) is 0 Å². The van der Waals surface area contributed by atoms with Gasteiger partial charge >= 0.3 is 0 Å². The molecule has 0 aromatic heterocycles. The van der Waals surface area contributed by atoms with Gasteiger partial charge in [-0.05, 0) is 11.1 Å². The summed E-state index contributed by atoms with van der Waals surface area (Å²) in [7, 11) is 0. The molecule has 0 amide bonds. The molecule has 140 valence electrons. The Morgan fingerprint density at radius 2 is 1.27 bits per heavy atom. The minimum atomic E-state index is -1.31. The van der Waals surface area contributed by atoms with Crippen molar-refractivity contribution in [3.05, 3.63) is 71.8 Å². The number of hydrogen-bond donors (Lipinski definition) is 3. The van der Waals surface area contributed by atoms with Crippen molar-refractivity contribution < 1.29 is 29.5 Å². The van der Waals surface area contributed by atoms with E-state index in [0.29, 0.717) is 0 Å². The van der Waals surface area contributed by atoms with E-state index in [-0.39, 0.29) is 13.2 Å². The molecule has 1 fully saturated rings. The predicted octanol–water partition coefficient (Wildman–Crippen LogP) is 1.23. The van der Waals surface area contributed by atoms with Crippen molar-refractivity contribution in [2.24, 2.45) is 0 Å². The zero-order valence-corrected chi connectivity index (χ0v) is 14.3. The second kappa shape index (κ2) is 9.23. The number of aliphatic hydroxyl groups is 3. The fourth-order valence-electron chi connectivity index (χ4n) is 2.96. The second-order valence-electron chi connectivity index (χ2n) is 6.26. The van der Waals surface area contributed by atoms with E-state index in [4.69, 9.17) is 14.2 Å². The summed E-state index contributed by atoms with van der Waals surface area (Å²) in [5, 5.41) is 30.2. The Kier molecular flexibility index (Phi) is 6.73. The van der Waals surface area contributed by atoms with Gasteiger partial charge in [0.05, 0.1) is 19.8 Å². The molecule has 3 unspecified atom stereocenters. The molecule has 1 saturated heterocycles. The number of aliphatic hydroxyl groups excluding tert-OH is 3. The van der Waals surface area contributed by atoms with Crippen molar-refractivity contribution in [2.75, 3.05) is 6.61 Å². The molecule has 2 aromatic carbocycles. The van der Waals surface area contributed by atoms with Gasteiger partial charge in [0.15, 0.2) is 6.29 Å². The summed E-state index contributed by atoms with van der Waals surface area (Å²) in [6.07, 6.45) is -5.06. The summed E-state index contributed by atoms with van der Waals surface area (Å²) < 4.78 is 16.9. The van der Waals surface area contributed by atoms with Crippen LogP contribution in [0.2, 0.25) is 0 Å². The number of benzene rings is 2. The van der Waals surface area contributed by atoms with Crippen LogP contribution >= 0.6 is 0 Å².